The molecule has 70 valence electrons. The van der Waals surface area contributed by atoms with Gasteiger partial charge < -0.3 is 4.98 Å². The molecule has 0 bridgehead atoms. The molecule has 3 rings (SSSR count). The molecule has 1 aromatic carbocycles. The van der Waals surface area contributed by atoms with Gasteiger partial charge in [0, 0.05) is 12.0 Å². The van der Waals surface area contributed by atoms with E-state index in [-0.39, 0.29) is 0 Å². The smallest absolute Gasteiger partial charge is 0.103 e. The van der Waals surface area contributed by atoms with Crippen LogP contribution < -0.4 is 0 Å². The Balaban J connectivity index is 2.25. The van der Waals surface area contributed by atoms with Gasteiger partial charge in [0.15, 0.2) is 0 Å². The summed E-state index contributed by atoms with van der Waals surface area (Å²) in [5, 5.41) is 0. The van der Waals surface area contributed by atoms with E-state index < -0.39 is 0 Å². The lowest BCUT2D eigenvalue weighted by Crippen LogP contribution is -1.85. The Kier molecular flexibility index (Phi) is 1.38. The third kappa shape index (κ3) is 0.939. The van der Waals surface area contributed by atoms with Crippen molar-refractivity contribution in [3.8, 4) is 11.3 Å². The summed E-state index contributed by atoms with van der Waals surface area (Å²) in [6.07, 6.45) is 0.983. The Morgan fingerprint density at radius 1 is 1.29 bits per heavy atom. The molecule has 0 saturated carbocycles. The Morgan fingerprint density at radius 3 is 3.00 bits per heavy atom. The Bertz CT molecular complexity index is 509. The first kappa shape index (κ1) is 7.80. The number of hydrogen-bond donors (Lipinski definition) is 1. The molecule has 0 aliphatic heterocycles. The van der Waals surface area contributed by atoms with E-state index in [4.69, 9.17) is 0 Å². The molecule has 0 radical (unpaired) electrons. The predicted octanol–water partition coefficient (Wildman–Crippen LogP) is 2.60. The summed E-state index contributed by atoms with van der Waals surface area (Å²) in [5.74, 6) is 1.02. The lowest BCUT2D eigenvalue weighted by molar-refractivity contribution is 1.08. The number of nitrogens with one attached hydrogen (secondary N) is 1. The molecule has 1 aliphatic carbocycles. The van der Waals surface area contributed by atoms with E-state index >= 15 is 0 Å². The van der Waals surface area contributed by atoms with Crippen LogP contribution in [0.1, 0.15) is 22.6 Å². The van der Waals surface area contributed by atoms with Crippen LogP contribution in [0.15, 0.2) is 18.2 Å². The van der Waals surface area contributed by atoms with Gasteiger partial charge in [0.2, 0.25) is 0 Å². The highest BCUT2D eigenvalue weighted by molar-refractivity contribution is 5.72. The molecular weight excluding hydrogens is 172 g/mol. The zero-order valence-corrected chi connectivity index (χ0v) is 8.39. The number of aromatic amines is 1. The number of hydrogen-bond acceptors (Lipinski definition) is 1. The van der Waals surface area contributed by atoms with Gasteiger partial charge in [-0.25, -0.2) is 4.98 Å². The molecule has 1 aliphatic rings. The Labute approximate surface area is 83.0 Å². The first-order valence-corrected chi connectivity index (χ1v) is 4.89. The fourth-order valence-electron chi connectivity index (χ4n) is 2.18. The van der Waals surface area contributed by atoms with E-state index in [9.17, 15) is 0 Å². The molecule has 1 heterocycles. The number of benzene rings is 1. The van der Waals surface area contributed by atoms with Crippen LogP contribution in [0.3, 0.4) is 0 Å². The van der Waals surface area contributed by atoms with E-state index in [0.717, 1.165) is 12.2 Å². The van der Waals surface area contributed by atoms with Crippen LogP contribution in [0.4, 0.5) is 0 Å². The number of fused-ring (bicyclic) bond motifs is 3. The minimum atomic E-state index is 0.983. The van der Waals surface area contributed by atoms with Crippen molar-refractivity contribution in [1.82, 2.24) is 9.97 Å². The molecule has 14 heavy (non-hydrogen) atoms. The summed E-state index contributed by atoms with van der Waals surface area (Å²) in [6.45, 7) is 4.14. The number of H-pyrrole nitrogens is 1. The van der Waals surface area contributed by atoms with Crippen molar-refractivity contribution in [2.24, 2.45) is 0 Å². The van der Waals surface area contributed by atoms with Crippen molar-refractivity contribution in [3.05, 3.63) is 40.8 Å². The monoisotopic (exact) mass is 184 g/mol. The summed E-state index contributed by atoms with van der Waals surface area (Å²) in [4.78, 5) is 7.80. The average Bonchev–Trinajstić information content (AvgIpc) is 2.59. The highest BCUT2D eigenvalue weighted by Crippen LogP contribution is 2.34. The molecule has 0 spiro atoms. The van der Waals surface area contributed by atoms with Crippen LogP contribution in [-0.2, 0) is 6.42 Å². The first-order chi connectivity index (χ1) is 6.74. The van der Waals surface area contributed by atoms with Gasteiger partial charge in [-0.05, 0) is 19.4 Å². The van der Waals surface area contributed by atoms with Crippen LogP contribution in [0.5, 0.6) is 0 Å². The molecule has 0 fully saturated rings. The van der Waals surface area contributed by atoms with Gasteiger partial charge in [-0.1, -0.05) is 23.8 Å². The van der Waals surface area contributed by atoms with Gasteiger partial charge >= 0.3 is 0 Å². The van der Waals surface area contributed by atoms with E-state index in [1.165, 1.54) is 28.1 Å². The van der Waals surface area contributed by atoms with Gasteiger partial charge in [-0.3, -0.25) is 0 Å². The molecule has 1 N–H and O–H groups in total. The minimum Gasteiger partial charge on any atom is -0.342 e. The summed E-state index contributed by atoms with van der Waals surface area (Å²) in [5.41, 5.74) is 6.47. The first-order valence-electron chi connectivity index (χ1n) is 4.89. The fraction of sp³-hybridized carbons (Fsp3) is 0.250. The van der Waals surface area contributed by atoms with Crippen molar-refractivity contribution in [2.75, 3.05) is 0 Å². The second-order valence-electron chi connectivity index (χ2n) is 3.98. The third-order valence-electron chi connectivity index (χ3n) is 2.79. The Hall–Kier alpha value is -1.57. The SMILES string of the molecule is Cc1ccc2c(c1)Cc1nc(C)[nH]c1-2. The standard InChI is InChI=1S/C12H12N2/c1-7-3-4-10-9(5-7)6-11-12(10)14-8(2)13-11/h3-5H,6H2,1-2H3,(H,13,14). The fourth-order valence-corrected chi connectivity index (χ4v) is 2.18. The van der Waals surface area contributed by atoms with Crippen molar-refractivity contribution in [3.63, 3.8) is 0 Å². The van der Waals surface area contributed by atoms with Gasteiger partial charge in [-0.15, -0.1) is 0 Å². The van der Waals surface area contributed by atoms with Crippen molar-refractivity contribution < 1.29 is 0 Å². The second-order valence-corrected chi connectivity index (χ2v) is 3.98. The van der Waals surface area contributed by atoms with Crippen LogP contribution in [0, 0.1) is 13.8 Å². The normalized spacial score (nSPS) is 12.7. The van der Waals surface area contributed by atoms with Gasteiger partial charge in [0.25, 0.3) is 0 Å². The summed E-state index contributed by atoms with van der Waals surface area (Å²) < 4.78 is 0. The number of imidazole rings is 1. The number of rotatable bonds is 0. The van der Waals surface area contributed by atoms with E-state index in [0.29, 0.717) is 0 Å². The van der Waals surface area contributed by atoms with E-state index in [1.54, 1.807) is 0 Å². The maximum Gasteiger partial charge on any atom is 0.103 e. The maximum atomic E-state index is 4.48. The lowest BCUT2D eigenvalue weighted by atomic mass is 10.1. The topological polar surface area (TPSA) is 28.7 Å². The van der Waals surface area contributed by atoms with Gasteiger partial charge in [-0.2, -0.15) is 0 Å². The molecule has 2 nitrogen and oxygen atoms in total. The zero-order chi connectivity index (χ0) is 9.71. The summed E-state index contributed by atoms with van der Waals surface area (Å²) in [6, 6.07) is 6.60. The zero-order valence-electron chi connectivity index (χ0n) is 8.39. The average molecular weight is 184 g/mol. The van der Waals surface area contributed by atoms with Crippen LogP contribution >= 0.6 is 0 Å². The minimum absolute atomic E-state index is 0.983. The summed E-state index contributed by atoms with van der Waals surface area (Å²) in [7, 11) is 0. The lowest BCUT2D eigenvalue weighted by Gasteiger charge is -2.00. The maximum absolute atomic E-state index is 4.48. The van der Waals surface area contributed by atoms with Gasteiger partial charge in [0.1, 0.15) is 5.82 Å². The molecule has 0 saturated heterocycles. The van der Waals surface area contributed by atoms with Crippen molar-refractivity contribution in [2.45, 2.75) is 20.3 Å². The van der Waals surface area contributed by atoms with Crippen molar-refractivity contribution >= 4 is 0 Å². The highest BCUT2D eigenvalue weighted by atomic mass is 14.9. The quantitative estimate of drug-likeness (QED) is 0.571. The molecule has 0 amide bonds. The molecule has 0 unspecified atom stereocenters. The summed E-state index contributed by atoms with van der Waals surface area (Å²) >= 11 is 0. The van der Waals surface area contributed by atoms with Crippen LogP contribution in [0.25, 0.3) is 11.3 Å². The number of aromatic nitrogens is 2. The molecular formula is C12H12N2. The van der Waals surface area contributed by atoms with E-state index in [1.807, 2.05) is 6.92 Å². The number of nitrogens with zero attached hydrogens (tertiary/aromatic N) is 1. The molecule has 2 heteroatoms. The largest absolute Gasteiger partial charge is 0.342 e. The molecule has 1 aromatic heterocycles. The molecule has 2 aromatic rings. The van der Waals surface area contributed by atoms with Crippen LogP contribution in [-0.4, -0.2) is 9.97 Å². The highest BCUT2D eigenvalue weighted by Gasteiger charge is 2.21. The van der Waals surface area contributed by atoms with Gasteiger partial charge in [0.05, 0.1) is 11.4 Å². The van der Waals surface area contributed by atoms with E-state index in [2.05, 4.69) is 35.1 Å². The van der Waals surface area contributed by atoms with Crippen molar-refractivity contribution in [1.29, 1.82) is 0 Å². The van der Waals surface area contributed by atoms with Crippen LogP contribution in [0.2, 0.25) is 0 Å². The Morgan fingerprint density at radius 2 is 2.14 bits per heavy atom. The predicted molar refractivity (Wildman–Crippen MR) is 56.3 cm³/mol. The number of aryl methyl sites for hydroxylation is 2. The second kappa shape index (κ2) is 2.47. The third-order valence-corrected chi connectivity index (χ3v) is 2.79. The molecule has 0 atom stereocenters.